The highest BCUT2D eigenvalue weighted by atomic mass is 19.3. The molecule has 0 fully saturated rings. The van der Waals surface area contributed by atoms with E-state index < -0.39 is 25.1 Å². The molecule has 7 nitrogen and oxygen atoms in total. The van der Waals surface area contributed by atoms with E-state index >= 15 is 0 Å². The highest BCUT2D eigenvalue weighted by molar-refractivity contribution is 5.94. The van der Waals surface area contributed by atoms with E-state index in [0.29, 0.717) is 27.4 Å². The van der Waals surface area contributed by atoms with Crippen molar-refractivity contribution in [3.8, 4) is 5.75 Å². The van der Waals surface area contributed by atoms with Crippen LogP contribution in [0.3, 0.4) is 0 Å². The molecule has 180 valence electrons. The van der Waals surface area contributed by atoms with Crippen LogP contribution in [-0.2, 0) is 27.4 Å². The lowest BCUT2D eigenvalue weighted by Gasteiger charge is -2.18. The lowest BCUT2D eigenvalue weighted by atomic mass is 10.1. The van der Waals surface area contributed by atoms with Crippen molar-refractivity contribution in [1.29, 1.82) is 0 Å². The Morgan fingerprint density at radius 3 is 2.06 bits per heavy atom. The van der Waals surface area contributed by atoms with Gasteiger partial charge in [0.15, 0.2) is 12.0 Å². The van der Waals surface area contributed by atoms with Gasteiger partial charge in [-0.2, -0.15) is 8.78 Å². The van der Waals surface area contributed by atoms with Gasteiger partial charge in [0, 0.05) is 24.4 Å². The molecule has 0 radical (unpaired) electrons. The number of rotatable bonds is 8. The number of nitrogens with zero attached hydrogens (tertiary/aromatic N) is 2. The number of hydrogen-bond donors (Lipinski definition) is 0. The largest absolute Gasteiger partial charge is 0.454 e. The minimum atomic E-state index is -2.91. The second kappa shape index (κ2) is 10.3. The molecule has 0 spiro atoms. The van der Waals surface area contributed by atoms with Crippen molar-refractivity contribution in [3.63, 3.8) is 0 Å². The number of ether oxygens (including phenoxy) is 2. The van der Waals surface area contributed by atoms with Crippen LogP contribution >= 0.6 is 0 Å². The molecule has 0 unspecified atom stereocenters. The topological polar surface area (TPSA) is 77.8 Å². The summed E-state index contributed by atoms with van der Waals surface area (Å²) >= 11 is 0. The summed E-state index contributed by atoms with van der Waals surface area (Å²) < 4.78 is 35.8. The Balaban J connectivity index is 1.41. The SMILES string of the molecule is CN(Cc1ccc(OC(F)F)cc1)C(=O)COC(=O)Cn1c2ccccc2c(=O)c2ccccc21. The number of para-hydroxylation sites is 2. The number of likely N-dealkylation sites (N-methyl/N-ethyl adjacent to an activating group) is 1. The smallest absolute Gasteiger partial charge is 0.387 e. The van der Waals surface area contributed by atoms with Crippen molar-refractivity contribution >= 4 is 33.7 Å². The van der Waals surface area contributed by atoms with Crippen LogP contribution in [0.1, 0.15) is 5.56 Å². The molecular formula is C26H22F2N2O5. The van der Waals surface area contributed by atoms with E-state index in [-0.39, 0.29) is 24.3 Å². The number of esters is 1. The first kappa shape index (κ1) is 23.9. The average Bonchev–Trinajstić information content (AvgIpc) is 2.86. The lowest BCUT2D eigenvalue weighted by Crippen LogP contribution is -2.31. The molecule has 0 aliphatic heterocycles. The summed E-state index contributed by atoms with van der Waals surface area (Å²) in [5.41, 5.74) is 1.76. The van der Waals surface area contributed by atoms with E-state index in [1.807, 2.05) is 0 Å². The Hall–Kier alpha value is -4.27. The summed E-state index contributed by atoms with van der Waals surface area (Å²) in [5, 5.41) is 0.972. The predicted octanol–water partition coefficient (Wildman–Crippen LogP) is 3.96. The number of pyridine rings is 1. The van der Waals surface area contributed by atoms with E-state index in [1.165, 1.54) is 17.0 Å². The second-order valence-electron chi connectivity index (χ2n) is 7.88. The fourth-order valence-corrected chi connectivity index (χ4v) is 3.81. The first-order chi connectivity index (χ1) is 16.8. The van der Waals surface area contributed by atoms with Crippen LogP contribution in [0.2, 0.25) is 0 Å². The van der Waals surface area contributed by atoms with E-state index in [0.717, 1.165) is 0 Å². The van der Waals surface area contributed by atoms with Crippen LogP contribution in [0, 0.1) is 0 Å². The predicted molar refractivity (Wildman–Crippen MR) is 126 cm³/mol. The Labute approximate surface area is 199 Å². The summed E-state index contributed by atoms with van der Waals surface area (Å²) in [6, 6.07) is 19.9. The second-order valence-corrected chi connectivity index (χ2v) is 7.88. The van der Waals surface area contributed by atoms with Crippen LogP contribution in [0.4, 0.5) is 8.78 Å². The van der Waals surface area contributed by atoms with Gasteiger partial charge in [0.1, 0.15) is 12.3 Å². The molecule has 0 bridgehead atoms. The third-order valence-corrected chi connectivity index (χ3v) is 5.52. The number of fused-ring (bicyclic) bond motifs is 2. The molecule has 4 rings (SSSR count). The third kappa shape index (κ3) is 5.46. The van der Waals surface area contributed by atoms with E-state index in [9.17, 15) is 23.2 Å². The van der Waals surface area contributed by atoms with Crippen LogP contribution in [0.15, 0.2) is 77.6 Å². The van der Waals surface area contributed by atoms with Crippen molar-refractivity contribution in [3.05, 3.63) is 88.6 Å². The summed E-state index contributed by atoms with van der Waals surface area (Å²) in [4.78, 5) is 39.3. The number of alkyl halides is 2. The minimum Gasteiger partial charge on any atom is -0.454 e. The van der Waals surface area contributed by atoms with Crippen LogP contribution in [0.25, 0.3) is 21.8 Å². The summed E-state index contributed by atoms with van der Waals surface area (Å²) in [6.07, 6.45) is 0. The maximum atomic E-state index is 12.8. The van der Waals surface area contributed by atoms with E-state index in [2.05, 4.69) is 4.74 Å². The first-order valence-electron chi connectivity index (χ1n) is 10.8. The van der Waals surface area contributed by atoms with Gasteiger partial charge in [-0.1, -0.05) is 36.4 Å². The Bertz CT molecular complexity index is 1370. The fraction of sp³-hybridized carbons (Fsp3) is 0.192. The van der Waals surface area contributed by atoms with Crippen molar-refractivity contribution in [2.45, 2.75) is 19.7 Å². The first-order valence-corrected chi connectivity index (χ1v) is 10.8. The molecule has 1 heterocycles. The maximum Gasteiger partial charge on any atom is 0.387 e. The number of halogens is 2. The molecule has 1 aromatic heterocycles. The molecule has 0 atom stereocenters. The van der Waals surface area contributed by atoms with Gasteiger partial charge in [-0.3, -0.25) is 14.4 Å². The number of carbonyl (C=O) groups excluding carboxylic acids is 2. The Morgan fingerprint density at radius 1 is 0.914 bits per heavy atom. The summed E-state index contributed by atoms with van der Waals surface area (Å²) in [6.45, 7) is -3.35. The zero-order valence-corrected chi connectivity index (χ0v) is 18.8. The van der Waals surface area contributed by atoms with Crippen LogP contribution in [-0.4, -0.2) is 41.6 Å². The molecular weight excluding hydrogens is 458 g/mol. The number of amides is 1. The molecule has 4 aromatic rings. The van der Waals surface area contributed by atoms with Gasteiger partial charge in [0.05, 0.1) is 11.0 Å². The van der Waals surface area contributed by atoms with Gasteiger partial charge in [-0.15, -0.1) is 0 Å². The van der Waals surface area contributed by atoms with Crippen LogP contribution < -0.4 is 10.2 Å². The normalized spacial score (nSPS) is 11.1. The standard InChI is InChI=1S/C26H22F2N2O5/c1-29(14-17-10-12-18(13-11-17)35-26(27)28)23(31)16-34-24(32)15-30-21-8-4-2-6-19(21)25(33)20-7-3-5-9-22(20)30/h2-13,26H,14-16H2,1H3. The number of carbonyl (C=O) groups is 2. The Morgan fingerprint density at radius 2 is 1.49 bits per heavy atom. The molecule has 0 aliphatic carbocycles. The van der Waals surface area contributed by atoms with Crippen molar-refractivity contribution in [1.82, 2.24) is 9.47 Å². The lowest BCUT2D eigenvalue weighted by molar-refractivity contribution is -0.152. The monoisotopic (exact) mass is 480 g/mol. The maximum absolute atomic E-state index is 12.8. The fourth-order valence-electron chi connectivity index (χ4n) is 3.81. The van der Waals surface area contributed by atoms with Gasteiger partial charge in [-0.25, -0.2) is 0 Å². The third-order valence-electron chi connectivity index (χ3n) is 5.52. The number of hydrogen-bond acceptors (Lipinski definition) is 5. The van der Waals surface area contributed by atoms with Gasteiger partial charge < -0.3 is 18.9 Å². The van der Waals surface area contributed by atoms with Gasteiger partial charge in [0.2, 0.25) is 0 Å². The van der Waals surface area contributed by atoms with E-state index in [4.69, 9.17) is 4.74 Å². The average molecular weight is 480 g/mol. The van der Waals surface area contributed by atoms with E-state index in [1.54, 1.807) is 72.3 Å². The quantitative estimate of drug-likeness (QED) is 0.282. The summed E-state index contributed by atoms with van der Waals surface area (Å²) in [7, 11) is 1.54. The van der Waals surface area contributed by atoms with Gasteiger partial charge in [0.25, 0.3) is 5.91 Å². The van der Waals surface area contributed by atoms with Crippen molar-refractivity contribution in [2.75, 3.05) is 13.7 Å². The molecule has 0 saturated carbocycles. The van der Waals surface area contributed by atoms with Crippen molar-refractivity contribution < 1.29 is 27.8 Å². The Kier molecular flexibility index (Phi) is 7.05. The summed E-state index contributed by atoms with van der Waals surface area (Å²) in [5.74, 6) is -1.03. The molecule has 0 saturated heterocycles. The molecule has 3 aromatic carbocycles. The number of benzene rings is 3. The van der Waals surface area contributed by atoms with Gasteiger partial charge in [-0.05, 0) is 42.0 Å². The zero-order chi connectivity index (χ0) is 24.9. The number of aromatic nitrogens is 1. The van der Waals surface area contributed by atoms with Crippen molar-refractivity contribution in [2.24, 2.45) is 0 Å². The van der Waals surface area contributed by atoms with Gasteiger partial charge >= 0.3 is 12.6 Å². The zero-order valence-electron chi connectivity index (χ0n) is 18.8. The minimum absolute atomic E-state index is 0.0224. The molecule has 1 amide bonds. The molecule has 9 heteroatoms. The molecule has 0 N–H and O–H groups in total. The highest BCUT2D eigenvalue weighted by Gasteiger charge is 2.16. The molecule has 35 heavy (non-hydrogen) atoms. The highest BCUT2D eigenvalue weighted by Crippen LogP contribution is 2.19. The van der Waals surface area contributed by atoms with Crippen LogP contribution in [0.5, 0.6) is 5.75 Å². The molecule has 0 aliphatic rings.